The Hall–Kier alpha value is -2.04. The van der Waals surface area contributed by atoms with Crippen molar-refractivity contribution in [3.63, 3.8) is 0 Å². The van der Waals surface area contributed by atoms with Gasteiger partial charge in [-0.2, -0.15) is 0 Å². The second-order valence-electron chi connectivity index (χ2n) is 5.66. The minimum atomic E-state index is -0.454. The largest absolute Gasteiger partial charge is 0.459 e. The molecule has 1 aromatic rings. The molecule has 0 radical (unpaired) electrons. The molecular weight excluding hydrogens is 294 g/mol. The van der Waals surface area contributed by atoms with Crippen LogP contribution in [0.2, 0.25) is 0 Å². The maximum atomic E-state index is 12.1. The summed E-state index contributed by atoms with van der Waals surface area (Å²) in [6.45, 7) is 7.86. The summed E-state index contributed by atoms with van der Waals surface area (Å²) in [4.78, 5) is 23.4. The van der Waals surface area contributed by atoms with E-state index in [2.05, 4.69) is 12.2 Å². The molecule has 0 aliphatic carbocycles. The van der Waals surface area contributed by atoms with Crippen molar-refractivity contribution in [2.45, 2.75) is 59.1 Å². The molecule has 2 atom stereocenters. The van der Waals surface area contributed by atoms with Crippen LogP contribution in [0.5, 0.6) is 0 Å². The van der Waals surface area contributed by atoms with Crippen LogP contribution < -0.4 is 5.32 Å². The molecule has 1 rings (SSSR count). The molecule has 0 aliphatic rings. The van der Waals surface area contributed by atoms with Crippen LogP contribution in [0.4, 0.5) is 4.79 Å². The molecule has 0 aliphatic heterocycles. The van der Waals surface area contributed by atoms with Crippen molar-refractivity contribution in [2.24, 2.45) is 0 Å². The lowest BCUT2D eigenvalue weighted by atomic mass is 10.1. The van der Waals surface area contributed by atoms with E-state index in [1.807, 2.05) is 26.0 Å². The summed E-state index contributed by atoms with van der Waals surface area (Å²) < 4.78 is 10.2. The summed E-state index contributed by atoms with van der Waals surface area (Å²) in [5.41, 5.74) is 1.76. The van der Waals surface area contributed by atoms with Gasteiger partial charge in [-0.3, -0.25) is 0 Å². The third-order valence-electron chi connectivity index (χ3n) is 3.36. The van der Waals surface area contributed by atoms with E-state index >= 15 is 0 Å². The van der Waals surface area contributed by atoms with Crippen LogP contribution in [-0.4, -0.2) is 30.8 Å². The predicted octanol–water partition coefficient (Wildman–Crippen LogP) is 3.71. The second kappa shape index (κ2) is 9.87. The summed E-state index contributed by atoms with van der Waals surface area (Å²) in [6, 6.07) is 7.36. The van der Waals surface area contributed by atoms with Crippen LogP contribution in [0.1, 0.15) is 56.5 Å². The van der Waals surface area contributed by atoms with Crippen LogP contribution in [0.25, 0.3) is 0 Å². The van der Waals surface area contributed by atoms with Crippen LogP contribution in [0.3, 0.4) is 0 Å². The van der Waals surface area contributed by atoms with Crippen LogP contribution in [-0.2, 0) is 15.9 Å². The molecule has 0 aromatic heterocycles. The quantitative estimate of drug-likeness (QED) is 0.741. The zero-order chi connectivity index (χ0) is 17.2. The van der Waals surface area contributed by atoms with Crippen molar-refractivity contribution in [3.05, 3.63) is 35.4 Å². The van der Waals surface area contributed by atoms with Crippen molar-refractivity contribution < 1.29 is 19.1 Å². The maximum Gasteiger partial charge on any atom is 0.407 e. The Bertz CT molecular complexity index is 498. The number of nitrogens with one attached hydrogen (secondary N) is 1. The first kappa shape index (κ1) is 19.0. The van der Waals surface area contributed by atoms with Gasteiger partial charge in [-0.15, -0.1) is 0 Å². The fourth-order valence-corrected chi connectivity index (χ4v) is 2.33. The van der Waals surface area contributed by atoms with E-state index in [9.17, 15) is 9.59 Å². The van der Waals surface area contributed by atoms with Crippen molar-refractivity contribution in [1.29, 1.82) is 0 Å². The first-order valence-corrected chi connectivity index (χ1v) is 8.19. The van der Waals surface area contributed by atoms with Gasteiger partial charge >= 0.3 is 12.1 Å². The third kappa shape index (κ3) is 7.17. The molecule has 2 unspecified atom stereocenters. The molecule has 1 N–H and O–H groups in total. The lowest BCUT2D eigenvalue weighted by molar-refractivity contribution is 0.0307. The number of carbonyl (C=O) groups is 2. The average molecular weight is 321 g/mol. The summed E-state index contributed by atoms with van der Waals surface area (Å²) in [6.07, 6.45) is 1.85. The van der Waals surface area contributed by atoms with E-state index in [1.165, 1.54) is 5.56 Å². The molecule has 0 saturated carbocycles. The normalized spacial score (nSPS) is 13.0. The van der Waals surface area contributed by atoms with Gasteiger partial charge in [0.15, 0.2) is 0 Å². The number of ether oxygens (including phenoxy) is 2. The molecule has 128 valence electrons. The Morgan fingerprint density at radius 1 is 1.13 bits per heavy atom. The fraction of sp³-hybridized carbons (Fsp3) is 0.556. The Morgan fingerprint density at radius 3 is 2.35 bits per heavy atom. The number of carbonyl (C=O) groups excluding carboxylic acids is 2. The predicted molar refractivity (Wildman–Crippen MR) is 89.6 cm³/mol. The van der Waals surface area contributed by atoms with Crippen LogP contribution in [0.15, 0.2) is 24.3 Å². The maximum absolute atomic E-state index is 12.1. The van der Waals surface area contributed by atoms with Crippen molar-refractivity contribution >= 4 is 12.1 Å². The summed E-state index contributed by atoms with van der Waals surface area (Å²) in [5.74, 6) is -0.344. The van der Waals surface area contributed by atoms with Crippen molar-refractivity contribution in [3.8, 4) is 0 Å². The summed E-state index contributed by atoms with van der Waals surface area (Å²) >= 11 is 0. The summed E-state index contributed by atoms with van der Waals surface area (Å²) in [7, 11) is 0. The molecule has 1 amide bonds. The van der Waals surface area contributed by atoms with E-state index in [-0.39, 0.29) is 18.1 Å². The van der Waals surface area contributed by atoms with Gasteiger partial charge in [0, 0.05) is 12.5 Å². The molecule has 0 saturated heterocycles. The van der Waals surface area contributed by atoms with Crippen LogP contribution in [0, 0.1) is 0 Å². The lowest BCUT2D eigenvalue weighted by Gasteiger charge is -2.19. The number of hydrogen-bond acceptors (Lipinski definition) is 4. The number of esters is 1. The molecule has 5 heteroatoms. The Labute approximate surface area is 138 Å². The molecule has 23 heavy (non-hydrogen) atoms. The van der Waals surface area contributed by atoms with Crippen molar-refractivity contribution in [2.75, 3.05) is 6.61 Å². The number of benzene rings is 1. The second-order valence-corrected chi connectivity index (χ2v) is 5.66. The molecule has 0 spiro atoms. The molecule has 0 heterocycles. The number of hydrogen-bond donors (Lipinski definition) is 1. The number of alkyl carbamates (subject to hydrolysis) is 1. The van der Waals surface area contributed by atoms with Crippen LogP contribution >= 0.6 is 0 Å². The highest BCUT2D eigenvalue weighted by molar-refractivity contribution is 5.89. The zero-order valence-corrected chi connectivity index (χ0v) is 14.4. The van der Waals surface area contributed by atoms with E-state index in [0.29, 0.717) is 18.6 Å². The van der Waals surface area contributed by atoms with Gasteiger partial charge in [-0.1, -0.05) is 25.5 Å². The fourth-order valence-electron chi connectivity index (χ4n) is 2.33. The number of rotatable bonds is 8. The Morgan fingerprint density at radius 2 is 1.78 bits per heavy atom. The van der Waals surface area contributed by atoms with Gasteiger partial charge < -0.3 is 14.8 Å². The van der Waals surface area contributed by atoms with E-state index in [0.717, 1.165) is 12.8 Å². The molecule has 0 fully saturated rings. The molecular formula is C18H27NO4. The van der Waals surface area contributed by atoms with Gasteiger partial charge in [0.25, 0.3) is 0 Å². The lowest BCUT2D eigenvalue weighted by Crippen LogP contribution is -2.36. The van der Waals surface area contributed by atoms with E-state index in [1.54, 1.807) is 19.1 Å². The summed E-state index contributed by atoms with van der Waals surface area (Å²) in [5, 5.41) is 2.69. The van der Waals surface area contributed by atoms with Gasteiger partial charge in [-0.05, 0) is 44.9 Å². The minimum absolute atomic E-state index is 0.135. The highest BCUT2D eigenvalue weighted by atomic mass is 16.5. The smallest absolute Gasteiger partial charge is 0.407 e. The SMILES string of the molecule is CCCc1ccc(C(=O)OC(C)CC(C)NC(=O)OCC)cc1. The number of amides is 1. The zero-order valence-electron chi connectivity index (χ0n) is 14.4. The molecule has 0 bridgehead atoms. The van der Waals surface area contributed by atoms with Gasteiger partial charge in [0.1, 0.15) is 6.10 Å². The highest BCUT2D eigenvalue weighted by Gasteiger charge is 2.16. The highest BCUT2D eigenvalue weighted by Crippen LogP contribution is 2.11. The average Bonchev–Trinajstić information content (AvgIpc) is 2.47. The van der Waals surface area contributed by atoms with Gasteiger partial charge in [0.2, 0.25) is 0 Å². The topological polar surface area (TPSA) is 64.6 Å². The Kier molecular flexibility index (Phi) is 8.16. The van der Waals surface area contributed by atoms with Gasteiger partial charge in [-0.25, -0.2) is 9.59 Å². The minimum Gasteiger partial charge on any atom is -0.459 e. The van der Waals surface area contributed by atoms with Crippen molar-refractivity contribution in [1.82, 2.24) is 5.32 Å². The monoisotopic (exact) mass is 321 g/mol. The molecule has 1 aromatic carbocycles. The van der Waals surface area contributed by atoms with E-state index < -0.39 is 6.09 Å². The van der Waals surface area contributed by atoms with E-state index in [4.69, 9.17) is 9.47 Å². The Balaban J connectivity index is 2.44. The van der Waals surface area contributed by atoms with Gasteiger partial charge in [0.05, 0.1) is 12.2 Å². The molecule has 5 nitrogen and oxygen atoms in total. The third-order valence-corrected chi connectivity index (χ3v) is 3.36. The first-order valence-electron chi connectivity index (χ1n) is 8.19. The number of aryl methyl sites for hydroxylation is 1. The first-order chi connectivity index (χ1) is 11.0. The standard InChI is InChI=1S/C18H27NO4/c1-5-7-15-8-10-16(11-9-15)17(20)23-14(4)12-13(3)19-18(21)22-6-2/h8-11,13-14H,5-7,12H2,1-4H3,(H,19,21).